The number of hydrogen-bond donors (Lipinski definition) is 1. The zero-order chi connectivity index (χ0) is 10.6. The third-order valence-corrected chi connectivity index (χ3v) is 2.32. The van der Waals surface area contributed by atoms with E-state index in [4.69, 9.17) is 11.6 Å². The Hall–Kier alpha value is -0.790. The van der Waals surface area contributed by atoms with Gasteiger partial charge in [-0.3, -0.25) is 0 Å². The second kappa shape index (κ2) is 5.18. The van der Waals surface area contributed by atoms with Crippen LogP contribution < -0.4 is 5.32 Å². The Morgan fingerprint density at radius 3 is 2.79 bits per heavy atom. The summed E-state index contributed by atoms with van der Waals surface area (Å²) in [7, 11) is 0. The Bertz CT molecular complexity index is 320. The Kier molecular flexibility index (Phi) is 4.18. The van der Waals surface area contributed by atoms with Crippen molar-refractivity contribution in [2.24, 2.45) is 0 Å². The van der Waals surface area contributed by atoms with Gasteiger partial charge in [0.15, 0.2) is 0 Å². The van der Waals surface area contributed by atoms with Crippen LogP contribution in [0.2, 0.25) is 5.02 Å². The van der Waals surface area contributed by atoms with E-state index < -0.39 is 0 Å². The summed E-state index contributed by atoms with van der Waals surface area (Å²) in [5, 5.41) is 4.14. The van der Waals surface area contributed by atoms with Gasteiger partial charge in [0.1, 0.15) is 0 Å². The zero-order valence-electron chi connectivity index (χ0n) is 8.68. The Labute approximate surface area is 90.8 Å². The minimum atomic E-state index is 0.207. The first-order chi connectivity index (χ1) is 6.65. The van der Waals surface area contributed by atoms with E-state index in [0.717, 1.165) is 17.1 Å². The highest BCUT2D eigenvalue weighted by Crippen LogP contribution is 2.22. The van der Waals surface area contributed by atoms with Crippen LogP contribution in [0.1, 0.15) is 25.5 Å². The van der Waals surface area contributed by atoms with Crippen LogP contribution in [0.5, 0.6) is 0 Å². The Morgan fingerprint density at radius 1 is 1.57 bits per heavy atom. The average molecular weight is 210 g/mol. The van der Waals surface area contributed by atoms with Crippen LogP contribution in [-0.4, -0.2) is 6.54 Å². The number of hydrogen-bond acceptors (Lipinski definition) is 1. The molecule has 0 aromatic heterocycles. The first-order valence-corrected chi connectivity index (χ1v) is 5.17. The molecule has 1 N–H and O–H groups in total. The van der Waals surface area contributed by atoms with Gasteiger partial charge in [-0.25, -0.2) is 0 Å². The number of nitrogens with one attached hydrogen (secondary N) is 1. The number of halogens is 1. The molecule has 1 atom stereocenters. The van der Waals surface area contributed by atoms with E-state index in [9.17, 15) is 0 Å². The van der Waals surface area contributed by atoms with Crippen molar-refractivity contribution in [1.29, 1.82) is 0 Å². The molecule has 1 rings (SSSR count). The monoisotopic (exact) mass is 209 g/mol. The highest BCUT2D eigenvalue weighted by molar-refractivity contribution is 6.30. The quantitative estimate of drug-likeness (QED) is 0.748. The van der Waals surface area contributed by atoms with Crippen molar-refractivity contribution in [2.45, 2.75) is 19.9 Å². The molecule has 0 fully saturated rings. The minimum absolute atomic E-state index is 0.207. The van der Waals surface area contributed by atoms with Gasteiger partial charge in [-0.1, -0.05) is 42.8 Å². The van der Waals surface area contributed by atoms with Gasteiger partial charge in [0.25, 0.3) is 0 Å². The van der Waals surface area contributed by atoms with Crippen LogP contribution in [0.3, 0.4) is 0 Å². The Morgan fingerprint density at radius 2 is 2.29 bits per heavy atom. The first kappa shape index (κ1) is 11.3. The topological polar surface area (TPSA) is 12.0 Å². The van der Waals surface area contributed by atoms with E-state index in [1.165, 1.54) is 5.56 Å². The fourth-order valence-electron chi connectivity index (χ4n) is 1.47. The Balaban J connectivity index is 2.93. The predicted molar refractivity (Wildman–Crippen MR) is 62.7 cm³/mol. The summed E-state index contributed by atoms with van der Waals surface area (Å²) in [5.74, 6) is 0. The van der Waals surface area contributed by atoms with Gasteiger partial charge in [-0.05, 0) is 31.2 Å². The number of rotatable bonds is 4. The van der Waals surface area contributed by atoms with E-state index in [2.05, 4.69) is 24.9 Å². The van der Waals surface area contributed by atoms with Gasteiger partial charge in [0, 0.05) is 5.02 Å². The van der Waals surface area contributed by atoms with Crippen molar-refractivity contribution in [3.63, 3.8) is 0 Å². The summed E-state index contributed by atoms with van der Waals surface area (Å²) >= 11 is 5.94. The molecule has 0 saturated carbocycles. The van der Waals surface area contributed by atoms with Crippen LogP contribution >= 0.6 is 11.6 Å². The SMILES string of the molecule is C=C(C)C(NCC)c1cccc(Cl)c1. The normalized spacial score (nSPS) is 12.5. The molecule has 1 unspecified atom stereocenters. The molecule has 0 radical (unpaired) electrons. The lowest BCUT2D eigenvalue weighted by molar-refractivity contribution is 0.621. The first-order valence-electron chi connectivity index (χ1n) is 4.79. The van der Waals surface area contributed by atoms with Gasteiger partial charge in [0.05, 0.1) is 6.04 Å². The zero-order valence-corrected chi connectivity index (χ0v) is 9.43. The van der Waals surface area contributed by atoms with Crippen molar-refractivity contribution in [1.82, 2.24) is 5.32 Å². The molecule has 2 heteroatoms. The molecule has 0 aliphatic carbocycles. The maximum Gasteiger partial charge on any atom is 0.0531 e. The highest BCUT2D eigenvalue weighted by atomic mass is 35.5. The van der Waals surface area contributed by atoms with E-state index >= 15 is 0 Å². The molecule has 0 aliphatic rings. The summed E-state index contributed by atoms with van der Waals surface area (Å²) < 4.78 is 0. The van der Waals surface area contributed by atoms with Crippen molar-refractivity contribution >= 4 is 11.6 Å². The van der Waals surface area contributed by atoms with Gasteiger partial charge in [-0.2, -0.15) is 0 Å². The molecule has 76 valence electrons. The largest absolute Gasteiger partial charge is 0.307 e. The van der Waals surface area contributed by atoms with Crippen molar-refractivity contribution in [3.05, 3.63) is 47.0 Å². The van der Waals surface area contributed by atoms with E-state index in [-0.39, 0.29) is 6.04 Å². The van der Waals surface area contributed by atoms with E-state index in [0.29, 0.717) is 0 Å². The van der Waals surface area contributed by atoms with E-state index in [1.54, 1.807) is 0 Å². The second-order valence-corrected chi connectivity index (χ2v) is 3.83. The van der Waals surface area contributed by atoms with Gasteiger partial charge >= 0.3 is 0 Å². The molecule has 1 aromatic carbocycles. The summed E-state index contributed by atoms with van der Waals surface area (Å²) in [6.07, 6.45) is 0. The summed E-state index contributed by atoms with van der Waals surface area (Å²) in [6.45, 7) is 9.00. The fourth-order valence-corrected chi connectivity index (χ4v) is 1.67. The molecule has 0 bridgehead atoms. The van der Waals surface area contributed by atoms with Gasteiger partial charge in [0.2, 0.25) is 0 Å². The van der Waals surface area contributed by atoms with Crippen LogP contribution in [-0.2, 0) is 0 Å². The third kappa shape index (κ3) is 2.86. The van der Waals surface area contributed by atoms with Crippen LogP contribution in [0.15, 0.2) is 36.4 Å². The van der Waals surface area contributed by atoms with Crippen molar-refractivity contribution in [3.8, 4) is 0 Å². The van der Waals surface area contributed by atoms with Crippen LogP contribution in [0.4, 0.5) is 0 Å². The highest BCUT2D eigenvalue weighted by Gasteiger charge is 2.10. The van der Waals surface area contributed by atoms with Crippen molar-refractivity contribution < 1.29 is 0 Å². The lowest BCUT2D eigenvalue weighted by atomic mass is 10.0. The summed E-state index contributed by atoms with van der Waals surface area (Å²) in [5.41, 5.74) is 2.28. The molecule has 0 spiro atoms. The van der Waals surface area contributed by atoms with E-state index in [1.807, 2.05) is 25.1 Å². The lowest BCUT2D eigenvalue weighted by Crippen LogP contribution is -2.21. The summed E-state index contributed by atoms with van der Waals surface area (Å²) in [6, 6.07) is 8.09. The molecule has 0 heterocycles. The van der Waals surface area contributed by atoms with Gasteiger partial charge in [-0.15, -0.1) is 0 Å². The standard InChI is InChI=1S/C12H16ClN/c1-4-14-12(9(2)3)10-6-5-7-11(13)8-10/h5-8,12,14H,2,4H2,1,3H3. The van der Waals surface area contributed by atoms with Crippen molar-refractivity contribution in [2.75, 3.05) is 6.54 Å². The maximum absolute atomic E-state index is 5.94. The maximum atomic E-state index is 5.94. The molecule has 0 aliphatic heterocycles. The number of benzene rings is 1. The molecule has 0 amide bonds. The smallest absolute Gasteiger partial charge is 0.0531 e. The van der Waals surface area contributed by atoms with Crippen LogP contribution in [0.25, 0.3) is 0 Å². The lowest BCUT2D eigenvalue weighted by Gasteiger charge is -2.18. The molecular weight excluding hydrogens is 194 g/mol. The fraction of sp³-hybridized carbons (Fsp3) is 0.333. The average Bonchev–Trinajstić information content (AvgIpc) is 2.13. The van der Waals surface area contributed by atoms with Gasteiger partial charge < -0.3 is 5.32 Å². The third-order valence-electron chi connectivity index (χ3n) is 2.08. The summed E-state index contributed by atoms with van der Waals surface area (Å²) in [4.78, 5) is 0. The van der Waals surface area contributed by atoms with Crippen LogP contribution in [0, 0.1) is 0 Å². The second-order valence-electron chi connectivity index (χ2n) is 3.39. The predicted octanol–water partition coefficient (Wildman–Crippen LogP) is 3.57. The minimum Gasteiger partial charge on any atom is -0.307 e. The molecule has 0 saturated heterocycles. The molecule has 14 heavy (non-hydrogen) atoms. The molecule has 1 nitrogen and oxygen atoms in total. The number of likely N-dealkylation sites (N-methyl/N-ethyl adjacent to an activating group) is 1. The molecular formula is C12H16ClN. The molecule has 1 aromatic rings.